The van der Waals surface area contributed by atoms with E-state index in [-0.39, 0.29) is 0 Å². The Morgan fingerprint density at radius 1 is 0.857 bits per heavy atom. The molecule has 0 fully saturated rings. The minimum absolute atomic E-state index is 0.473. The number of carbonyl (C=O) groups excluding carboxylic acids is 1. The number of carbonyl (C=O) groups is 1. The van der Waals surface area contributed by atoms with Crippen molar-refractivity contribution in [1.29, 1.82) is 0 Å². The lowest BCUT2D eigenvalue weighted by Gasteiger charge is -2.16. The van der Waals surface area contributed by atoms with Crippen LogP contribution in [0, 0.1) is 11.6 Å². The van der Waals surface area contributed by atoms with Gasteiger partial charge in [-0.25, -0.2) is 8.78 Å². The molecule has 0 aliphatic carbocycles. The summed E-state index contributed by atoms with van der Waals surface area (Å²) in [4.78, 5) is 14.4. The molecule has 0 bridgehead atoms. The summed E-state index contributed by atoms with van der Waals surface area (Å²) in [6.45, 7) is 3.23. The fourth-order valence-corrected chi connectivity index (χ4v) is 4.72. The molecule has 0 spiro atoms. The van der Waals surface area contributed by atoms with Crippen molar-refractivity contribution in [3.05, 3.63) is 84.4 Å². The number of hydrogen-bond donors (Lipinski definition) is 0. The van der Waals surface area contributed by atoms with Crippen LogP contribution in [0.3, 0.4) is 0 Å². The van der Waals surface area contributed by atoms with Gasteiger partial charge in [0.25, 0.3) is 0 Å². The van der Waals surface area contributed by atoms with Crippen LogP contribution in [0.15, 0.2) is 87.5 Å². The summed E-state index contributed by atoms with van der Waals surface area (Å²) in [5, 5.41) is 0. The SMILES string of the molecule is CC(C)(I)C(=O)Oc1c(F)cc([S+](c2ccccc2)c2ccccc2)cc1F. The number of rotatable bonds is 5. The first kappa shape index (κ1) is 20.8. The second-order valence-corrected chi connectivity index (χ2v) is 11.2. The van der Waals surface area contributed by atoms with Crippen molar-refractivity contribution in [2.45, 2.75) is 32.0 Å². The summed E-state index contributed by atoms with van der Waals surface area (Å²) in [6, 6.07) is 21.6. The Morgan fingerprint density at radius 3 is 1.68 bits per heavy atom. The highest BCUT2D eigenvalue weighted by atomic mass is 127. The van der Waals surface area contributed by atoms with Gasteiger partial charge in [0.2, 0.25) is 5.75 Å². The third-order valence-corrected chi connectivity index (χ3v) is 6.48. The molecule has 2 nitrogen and oxygen atoms in total. The predicted octanol–water partition coefficient (Wildman–Crippen LogP) is 6.18. The highest BCUT2D eigenvalue weighted by Gasteiger charge is 2.33. The molecular weight excluding hydrogens is 493 g/mol. The van der Waals surface area contributed by atoms with E-state index in [1.54, 1.807) is 13.8 Å². The lowest BCUT2D eigenvalue weighted by Crippen LogP contribution is -2.29. The van der Waals surface area contributed by atoms with Gasteiger partial charge in [-0.05, 0) is 38.1 Å². The topological polar surface area (TPSA) is 26.3 Å². The second kappa shape index (κ2) is 8.61. The van der Waals surface area contributed by atoms with E-state index in [9.17, 15) is 13.6 Å². The molecule has 3 aromatic carbocycles. The van der Waals surface area contributed by atoms with E-state index in [2.05, 4.69) is 0 Å². The molecule has 0 heterocycles. The zero-order valence-corrected chi connectivity index (χ0v) is 18.3. The first-order valence-electron chi connectivity index (χ1n) is 8.52. The van der Waals surface area contributed by atoms with Crippen LogP contribution in [0.25, 0.3) is 0 Å². The molecule has 0 unspecified atom stereocenters. The average Bonchev–Trinajstić information content (AvgIpc) is 2.66. The largest absolute Gasteiger partial charge is 0.419 e. The Balaban J connectivity index is 2.06. The summed E-state index contributed by atoms with van der Waals surface area (Å²) in [7, 11) is -0.695. The molecule has 0 aliphatic rings. The minimum atomic E-state index is -0.895. The summed E-state index contributed by atoms with van der Waals surface area (Å²) in [5.74, 6) is -3.16. The van der Waals surface area contributed by atoms with Gasteiger partial charge in [0.15, 0.2) is 26.3 Å². The van der Waals surface area contributed by atoms with Crippen molar-refractivity contribution in [3.8, 4) is 5.75 Å². The highest BCUT2D eigenvalue weighted by Crippen LogP contribution is 2.35. The van der Waals surface area contributed by atoms with Gasteiger partial charge in [-0.15, -0.1) is 0 Å². The molecule has 0 N–H and O–H groups in total. The molecular formula is C22H18F2IO2S+. The van der Waals surface area contributed by atoms with Crippen LogP contribution in [-0.4, -0.2) is 9.39 Å². The smallest absolute Gasteiger partial charge is 0.327 e. The Kier molecular flexibility index (Phi) is 6.40. The summed E-state index contributed by atoms with van der Waals surface area (Å²) >= 11 is 1.87. The van der Waals surface area contributed by atoms with E-state index in [1.807, 2.05) is 83.3 Å². The molecule has 0 aromatic heterocycles. The molecule has 3 rings (SSSR count). The second-order valence-electron chi connectivity index (χ2n) is 6.51. The number of halogens is 3. The molecule has 0 amide bonds. The molecule has 0 saturated heterocycles. The Hall–Kier alpha value is -1.93. The molecule has 0 aliphatic heterocycles. The molecule has 6 heteroatoms. The normalized spacial score (nSPS) is 11.5. The van der Waals surface area contributed by atoms with E-state index in [0.29, 0.717) is 4.90 Å². The monoisotopic (exact) mass is 511 g/mol. The number of esters is 1. The van der Waals surface area contributed by atoms with Crippen molar-refractivity contribution >= 4 is 39.5 Å². The lowest BCUT2D eigenvalue weighted by molar-refractivity contribution is -0.136. The Bertz CT molecular complexity index is 910. The first-order valence-corrected chi connectivity index (χ1v) is 10.8. The van der Waals surface area contributed by atoms with Crippen molar-refractivity contribution in [1.82, 2.24) is 0 Å². The number of ether oxygens (including phenoxy) is 1. The molecule has 0 radical (unpaired) electrons. The number of alkyl halides is 1. The van der Waals surface area contributed by atoms with Gasteiger partial charge in [0, 0.05) is 12.1 Å². The fraction of sp³-hybridized carbons (Fsp3) is 0.136. The maximum Gasteiger partial charge on any atom is 0.327 e. The van der Waals surface area contributed by atoms with Crippen LogP contribution in [0.1, 0.15) is 13.8 Å². The standard InChI is InChI=1S/C22H18F2IO2S/c1-22(2,25)21(26)27-20-18(23)13-17(14-19(20)24)28(15-9-5-3-6-10-15)16-11-7-4-8-12-16/h3-14H,1-2H3/q+1. The summed E-state index contributed by atoms with van der Waals surface area (Å²) in [5.41, 5.74) is 0. The van der Waals surface area contributed by atoms with Gasteiger partial charge < -0.3 is 4.74 Å². The van der Waals surface area contributed by atoms with Gasteiger partial charge in [-0.1, -0.05) is 59.0 Å². The molecule has 28 heavy (non-hydrogen) atoms. The number of hydrogen-bond acceptors (Lipinski definition) is 2. The van der Waals surface area contributed by atoms with Crippen molar-refractivity contribution in [3.63, 3.8) is 0 Å². The number of benzene rings is 3. The minimum Gasteiger partial charge on any atom is -0.419 e. The molecule has 0 saturated carbocycles. The summed E-state index contributed by atoms with van der Waals surface area (Å²) < 4.78 is 33.6. The molecule has 0 atom stereocenters. The van der Waals surface area contributed by atoms with E-state index < -0.39 is 37.7 Å². The van der Waals surface area contributed by atoms with Gasteiger partial charge >= 0.3 is 5.97 Å². The zero-order valence-electron chi connectivity index (χ0n) is 15.3. The van der Waals surface area contributed by atoms with Crippen molar-refractivity contribution < 1.29 is 18.3 Å². The maximum atomic E-state index is 14.7. The zero-order chi connectivity index (χ0) is 20.3. The van der Waals surface area contributed by atoms with Crippen LogP contribution in [0.4, 0.5) is 8.78 Å². The van der Waals surface area contributed by atoms with Crippen LogP contribution in [-0.2, 0) is 15.7 Å². The van der Waals surface area contributed by atoms with Gasteiger partial charge in [0.1, 0.15) is 3.42 Å². The van der Waals surface area contributed by atoms with Crippen molar-refractivity contribution in [2.24, 2.45) is 0 Å². The molecule has 144 valence electrons. The van der Waals surface area contributed by atoms with Gasteiger partial charge in [-0.2, -0.15) is 0 Å². The summed E-state index contributed by atoms with van der Waals surface area (Å²) in [6.07, 6.45) is 0. The van der Waals surface area contributed by atoms with Crippen LogP contribution in [0.2, 0.25) is 0 Å². The van der Waals surface area contributed by atoms with Gasteiger partial charge in [0.05, 0.1) is 10.9 Å². The van der Waals surface area contributed by atoms with Crippen molar-refractivity contribution in [2.75, 3.05) is 0 Å². The quantitative estimate of drug-likeness (QED) is 0.135. The lowest BCUT2D eigenvalue weighted by atomic mass is 10.2. The maximum absolute atomic E-state index is 14.7. The third kappa shape index (κ3) is 4.72. The van der Waals surface area contributed by atoms with E-state index >= 15 is 0 Å². The Labute approximate surface area is 179 Å². The molecule has 3 aromatic rings. The Morgan fingerprint density at radius 2 is 1.29 bits per heavy atom. The average molecular weight is 511 g/mol. The van der Waals surface area contributed by atoms with Crippen LogP contribution >= 0.6 is 22.6 Å². The highest BCUT2D eigenvalue weighted by molar-refractivity contribution is 14.1. The first-order chi connectivity index (χ1) is 13.3. The van der Waals surface area contributed by atoms with E-state index in [0.717, 1.165) is 9.79 Å². The van der Waals surface area contributed by atoms with E-state index in [4.69, 9.17) is 4.74 Å². The van der Waals surface area contributed by atoms with Crippen LogP contribution in [0.5, 0.6) is 5.75 Å². The van der Waals surface area contributed by atoms with Crippen LogP contribution < -0.4 is 4.74 Å². The third-order valence-electron chi connectivity index (χ3n) is 3.85. The fourth-order valence-electron chi connectivity index (χ4n) is 2.49. The predicted molar refractivity (Wildman–Crippen MR) is 115 cm³/mol. The van der Waals surface area contributed by atoms with E-state index in [1.165, 1.54) is 12.1 Å². The van der Waals surface area contributed by atoms with Gasteiger partial charge in [-0.3, -0.25) is 4.79 Å².